The number of ether oxygens (including phenoxy) is 2. The summed E-state index contributed by atoms with van der Waals surface area (Å²) in [6, 6.07) is 18.9. The molecule has 0 amide bonds. The van der Waals surface area contributed by atoms with Crippen molar-refractivity contribution in [3.8, 4) is 11.5 Å². The number of hydrogen-bond donors (Lipinski definition) is 0. The first-order chi connectivity index (χ1) is 19.8. The van der Waals surface area contributed by atoms with Crippen LogP contribution in [0.25, 0.3) is 0 Å². The van der Waals surface area contributed by atoms with Crippen LogP contribution < -0.4 is 9.47 Å². The Morgan fingerprint density at radius 3 is 2.68 bits per heavy atom. The number of rotatable bonds is 6. The molecule has 2 aliphatic carbocycles. The number of ketones is 1. The van der Waals surface area contributed by atoms with Crippen LogP contribution in [-0.4, -0.2) is 74.1 Å². The van der Waals surface area contributed by atoms with Gasteiger partial charge in [-0.25, -0.2) is 0 Å². The SMILES string of the molecule is CN(C)CCC(c1ccc(Cl)cc1)c1ccccn1.COc1ccc2c3c1O[C@H]1C(=O)CC[C@H]4[C@@H](C2)N(C)CC[C@]314. The van der Waals surface area contributed by atoms with E-state index in [1.807, 2.05) is 36.5 Å². The Morgan fingerprint density at radius 1 is 1.17 bits per heavy atom. The van der Waals surface area contributed by atoms with Crippen molar-refractivity contribution in [3.05, 3.63) is 88.2 Å². The van der Waals surface area contributed by atoms with E-state index in [0.29, 0.717) is 24.3 Å². The van der Waals surface area contributed by atoms with Gasteiger partial charge in [0.1, 0.15) is 0 Å². The highest BCUT2D eigenvalue weighted by molar-refractivity contribution is 6.30. The molecule has 5 atom stereocenters. The van der Waals surface area contributed by atoms with E-state index in [4.69, 9.17) is 21.1 Å². The Morgan fingerprint density at radius 2 is 1.98 bits per heavy atom. The first-order valence-electron chi connectivity index (χ1n) is 14.7. The average molecular weight is 574 g/mol. The summed E-state index contributed by atoms with van der Waals surface area (Å²) in [6.45, 7) is 2.08. The minimum Gasteiger partial charge on any atom is -0.493 e. The minimum absolute atomic E-state index is 0.0933. The number of hydrogen-bond acceptors (Lipinski definition) is 6. The first-order valence-corrected chi connectivity index (χ1v) is 15.1. The molecule has 7 rings (SSSR count). The molecule has 7 heteroatoms. The van der Waals surface area contributed by atoms with Crippen LogP contribution >= 0.6 is 11.6 Å². The van der Waals surface area contributed by atoms with Crippen LogP contribution in [0.2, 0.25) is 5.02 Å². The molecule has 216 valence electrons. The molecule has 2 aromatic carbocycles. The van der Waals surface area contributed by atoms with E-state index in [9.17, 15) is 4.79 Å². The number of likely N-dealkylation sites (tertiary alicyclic amines) is 1. The van der Waals surface area contributed by atoms with Gasteiger partial charge in [0.25, 0.3) is 0 Å². The van der Waals surface area contributed by atoms with Crippen LogP contribution in [0.5, 0.6) is 11.5 Å². The Balaban J connectivity index is 0.000000150. The number of benzene rings is 2. The molecule has 3 aromatic rings. The largest absolute Gasteiger partial charge is 0.493 e. The predicted octanol–water partition coefficient (Wildman–Crippen LogP) is 5.75. The Kier molecular flexibility index (Phi) is 7.84. The summed E-state index contributed by atoms with van der Waals surface area (Å²) in [5, 5.41) is 0.774. The number of methoxy groups -OCH3 is 1. The van der Waals surface area contributed by atoms with E-state index in [-0.39, 0.29) is 17.3 Å². The predicted molar refractivity (Wildman–Crippen MR) is 162 cm³/mol. The van der Waals surface area contributed by atoms with E-state index in [0.717, 1.165) is 61.0 Å². The van der Waals surface area contributed by atoms with Gasteiger partial charge in [0.05, 0.1) is 7.11 Å². The zero-order valence-electron chi connectivity index (χ0n) is 24.5. The second-order valence-corrected chi connectivity index (χ2v) is 12.7. The molecule has 2 fully saturated rings. The molecule has 6 nitrogen and oxygen atoms in total. The van der Waals surface area contributed by atoms with Gasteiger partial charge in [-0.3, -0.25) is 9.78 Å². The number of carbonyl (C=O) groups is 1. The van der Waals surface area contributed by atoms with Crippen LogP contribution in [0, 0.1) is 5.92 Å². The van der Waals surface area contributed by atoms with Crippen molar-refractivity contribution in [2.45, 2.75) is 55.6 Å². The summed E-state index contributed by atoms with van der Waals surface area (Å²) in [4.78, 5) is 21.8. The third kappa shape index (κ3) is 4.94. The Labute approximate surface area is 248 Å². The number of likely N-dealkylation sites (N-methyl/N-ethyl adjacent to an activating group) is 1. The zero-order valence-corrected chi connectivity index (χ0v) is 25.2. The van der Waals surface area contributed by atoms with Crippen LogP contribution in [0.1, 0.15) is 54.0 Å². The van der Waals surface area contributed by atoms with E-state index >= 15 is 0 Å². The quantitative estimate of drug-likeness (QED) is 0.374. The number of carbonyl (C=O) groups excluding carboxylic acids is 1. The van der Waals surface area contributed by atoms with Crippen molar-refractivity contribution in [1.82, 2.24) is 14.8 Å². The summed E-state index contributed by atoms with van der Waals surface area (Å²) < 4.78 is 11.8. The molecule has 0 N–H and O–H groups in total. The molecule has 4 aliphatic rings. The average Bonchev–Trinajstić information content (AvgIpc) is 3.33. The highest BCUT2D eigenvalue weighted by atomic mass is 35.5. The molecule has 2 bridgehead atoms. The number of pyridine rings is 1. The number of Topliss-reactive ketones (excluding diaryl/α,β-unsaturated/α-hetero) is 1. The highest BCUT2D eigenvalue weighted by Gasteiger charge is 2.65. The van der Waals surface area contributed by atoms with Gasteiger partial charge in [-0.1, -0.05) is 35.9 Å². The summed E-state index contributed by atoms with van der Waals surface area (Å²) in [5.74, 6) is 2.78. The second-order valence-electron chi connectivity index (χ2n) is 12.2. The number of piperidine rings is 1. The molecule has 1 aromatic heterocycles. The minimum atomic E-state index is -0.284. The van der Waals surface area contributed by atoms with Gasteiger partial charge >= 0.3 is 0 Å². The van der Waals surface area contributed by atoms with Crippen LogP contribution in [0.4, 0.5) is 0 Å². The lowest BCUT2D eigenvalue weighted by atomic mass is 9.52. The van der Waals surface area contributed by atoms with Crippen LogP contribution in [0.3, 0.4) is 0 Å². The van der Waals surface area contributed by atoms with Crippen molar-refractivity contribution in [2.75, 3.05) is 41.3 Å². The number of aromatic nitrogens is 1. The van der Waals surface area contributed by atoms with Gasteiger partial charge in [0.2, 0.25) is 0 Å². The molecule has 1 unspecified atom stereocenters. The lowest BCUT2D eigenvalue weighted by Gasteiger charge is -2.57. The van der Waals surface area contributed by atoms with Gasteiger partial charge in [0.15, 0.2) is 23.4 Å². The summed E-state index contributed by atoms with van der Waals surface area (Å²) in [7, 11) is 8.10. The first kappa shape index (κ1) is 28.2. The summed E-state index contributed by atoms with van der Waals surface area (Å²) >= 11 is 5.97. The molecule has 3 heterocycles. The van der Waals surface area contributed by atoms with Crippen molar-refractivity contribution < 1.29 is 14.3 Å². The van der Waals surface area contributed by atoms with E-state index in [1.165, 1.54) is 16.7 Å². The lowest BCUT2D eigenvalue weighted by Crippen LogP contribution is -2.65. The lowest BCUT2D eigenvalue weighted by molar-refractivity contribution is -0.138. The van der Waals surface area contributed by atoms with Crippen LogP contribution in [0.15, 0.2) is 60.8 Å². The van der Waals surface area contributed by atoms with Crippen molar-refractivity contribution >= 4 is 17.4 Å². The molecule has 2 aliphatic heterocycles. The molecular formula is C34H40ClN3O3. The zero-order chi connectivity index (χ0) is 28.7. The van der Waals surface area contributed by atoms with Gasteiger partial charge in [-0.05, 0) is 107 Å². The third-order valence-electron chi connectivity index (χ3n) is 9.77. The van der Waals surface area contributed by atoms with Crippen molar-refractivity contribution in [2.24, 2.45) is 5.92 Å². The highest BCUT2D eigenvalue weighted by Crippen LogP contribution is 2.63. The van der Waals surface area contributed by atoms with Gasteiger partial charge in [-0.15, -0.1) is 0 Å². The maximum Gasteiger partial charge on any atom is 0.174 e. The smallest absolute Gasteiger partial charge is 0.174 e. The fraction of sp³-hybridized carbons (Fsp3) is 0.471. The maximum atomic E-state index is 12.6. The standard InChI is InChI=1S/C18H21NO3.C16H19ClN2/c1-19-8-7-18-11-4-5-13(20)17(18)22-16-14(21-2)6-3-10(15(16)18)9-12(11)19;1-19(2)12-10-15(16-5-3-4-11-18-16)13-6-8-14(17)9-7-13/h3,6,11-12,17H,4-5,7-9H2,1-2H3;3-9,11,15H,10,12H2,1-2H3/t11-,12+,17-,18-;/m0./s1. The fourth-order valence-electron chi connectivity index (χ4n) is 7.82. The summed E-state index contributed by atoms with van der Waals surface area (Å²) in [6.07, 6.45) is 6.37. The Bertz CT molecular complexity index is 1400. The van der Waals surface area contributed by atoms with Crippen LogP contribution in [-0.2, 0) is 16.6 Å². The van der Waals surface area contributed by atoms with E-state index < -0.39 is 0 Å². The monoisotopic (exact) mass is 573 g/mol. The molecule has 1 spiro atoms. The van der Waals surface area contributed by atoms with E-state index in [2.05, 4.69) is 60.2 Å². The van der Waals surface area contributed by atoms with Crippen molar-refractivity contribution in [1.29, 1.82) is 0 Å². The van der Waals surface area contributed by atoms with Crippen molar-refractivity contribution in [3.63, 3.8) is 0 Å². The molecule has 41 heavy (non-hydrogen) atoms. The topological polar surface area (TPSA) is 54.9 Å². The van der Waals surface area contributed by atoms with Gasteiger partial charge < -0.3 is 19.3 Å². The number of nitrogens with zero attached hydrogens (tertiary/aromatic N) is 3. The molecule has 1 saturated heterocycles. The van der Waals surface area contributed by atoms with Gasteiger partial charge in [0, 0.05) is 46.3 Å². The number of halogens is 1. The summed E-state index contributed by atoms with van der Waals surface area (Å²) in [5.41, 5.74) is 4.96. The molecular weight excluding hydrogens is 534 g/mol. The Hall–Kier alpha value is -2.93. The molecule has 1 saturated carbocycles. The second kappa shape index (κ2) is 11.4. The third-order valence-corrected chi connectivity index (χ3v) is 10.0. The maximum absolute atomic E-state index is 12.6. The molecule has 0 radical (unpaired) electrons. The van der Waals surface area contributed by atoms with Gasteiger partial charge in [-0.2, -0.15) is 0 Å². The fourth-order valence-corrected chi connectivity index (χ4v) is 7.95. The van der Waals surface area contributed by atoms with E-state index in [1.54, 1.807) is 7.11 Å². The normalized spacial score (nSPS) is 26.5.